The van der Waals surface area contributed by atoms with E-state index >= 15 is 0 Å². The van der Waals surface area contributed by atoms with Crippen LogP contribution in [0.2, 0.25) is 0 Å². The van der Waals surface area contributed by atoms with Crippen LogP contribution in [0.4, 0.5) is 0 Å². The number of rotatable bonds is 4. The summed E-state index contributed by atoms with van der Waals surface area (Å²) in [7, 11) is 0. The predicted molar refractivity (Wildman–Crippen MR) is 44.6 cm³/mol. The maximum atomic E-state index is 5.41. The Labute approximate surface area is 68.2 Å². The third kappa shape index (κ3) is 2.64. The van der Waals surface area contributed by atoms with Crippen molar-refractivity contribution in [2.45, 2.75) is 13.8 Å². The van der Waals surface area contributed by atoms with E-state index in [4.69, 9.17) is 9.47 Å². The first kappa shape index (κ1) is 8.75. The first-order chi connectivity index (χ1) is 5.27. The quantitative estimate of drug-likeness (QED) is 0.455. The Bertz CT molecular complexity index is 136. The van der Waals surface area contributed by atoms with E-state index in [1.807, 2.05) is 19.1 Å². The second kappa shape index (κ2) is 3.88. The summed E-state index contributed by atoms with van der Waals surface area (Å²) in [6.07, 6.45) is 4.02. The lowest BCUT2D eigenvalue weighted by molar-refractivity contribution is -0.135. The molecule has 0 radical (unpaired) electrons. The van der Waals surface area contributed by atoms with Gasteiger partial charge in [0.15, 0.2) is 0 Å². The van der Waals surface area contributed by atoms with Gasteiger partial charge < -0.3 is 9.47 Å². The van der Waals surface area contributed by atoms with Gasteiger partial charge in [0.2, 0.25) is 0 Å². The summed E-state index contributed by atoms with van der Waals surface area (Å²) >= 11 is 0. The lowest BCUT2D eigenvalue weighted by Crippen LogP contribution is -2.43. The smallest absolute Gasteiger partial charge is 0.0647 e. The van der Waals surface area contributed by atoms with Gasteiger partial charge in [0.05, 0.1) is 26.4 Å². The average Bonchev–Trinajstić information content (AvgIpc) is 1.95. The van der Waals surface area contributed by atoms with Crippen LogP contribution in [0.1, 0.15) is 13.8 Å². The van der Waals surface area contributed by atoms with E-state index < -0.39 is 0 Å². The van der Waals surface area contributed by atoms with Gasteiger partial charge in [-0.3, -0.25) is 0 Å². The fourth-order valence-corrected chi connectivity index (χ4v) is 1.00. The minimum Gasteiger partial charge on any atom is -0.380 e. The van der Waals surface area contributed by atoms with Crippen molar-refractivity contribution in [3.63, 3.8) is 0 Å². The molecule has 1 aliphatic heterocycles. The van der Waals surface area contributed by atoms with Gasteiger partial charge in [-0.2, -0.15) is 0 Å². The van der Waals surface area contributed by atoms with Crippen LogP contribution in [0.25, 0.3) is 0 Å². The van der Waals surface area contributed by atoms with Crippen LogP contribution in [0, 0.1) is 5.41 Å². The van der Waals surface area contributed by atoms with Crippen molar-refractivity contribution in [3.05, 3.63) is 12.2 Å². The molecule has 0 amide bonds. The molecule has 0 aliphatic carbocycles. The molecule has 0 unspecified atom stereocenters. The summed E-state index contributed by atoms with van der Waals surface area (Å²) in [5, 5.41) is 0. The van der Waals surface area contributed by atoms with Crippen molar-refractivity contribution < 1.29 is 9.47 Å². The SMILES string of the molecule is CC=CCOCC1(C)COC1. The summed E-state index contributed by atoms with van der Waals surface area (Å²) in [4.78, 5) is 0. The van der Waals surface area contributed by atoms with Gasteiger partial charge in [0, 0.05) is 5.41 Å². The Morgan fingerprint density at radius 2 is 2.27 bits per heavy atom. The molecular weight excluding hydrogens is 140 g/mol. The molecule has 64 valence electrons. The molecular formula is C9H16O2. The van der Waals surface area contributed by atoms with Gasteiger partial charge in [-0.1, -0.05) is 19.1 Å². The molecule has 1 rings (SSSR count). The van der Waals surface area contributed by atoms with Crippen molar-refractivity contribution in [1.29, 1.82) is 0 Å². The molecule has 0 aromatic heterocycles. The summed E-state index contributed by atoms with van der Waals surface area (Å²) in [6.45, 7) is 7.43. The van der Waals surface area contributed by atoms with Crippen molar-refractivity contribution in [2.24, 2.45) is 5.41 Å². The van der Waals surface area contributed by atoms with Crippen LogP contribution in [-0.2, 0) is 9.47 Å². The molecule has 1 saturated heterocycles. The minimum absolute atomic E-state index is 0.293. The van der Waals surface area contributed by atoms with Crippen molar-refractivity contribution in [3.8, 4) is 0 Å². The van der Waals surface area contributed by atoms with Crippen LogP contribution >= 0.6 is 0 Å². The predicted octanol–water partition coefficient (Wildman–Crippen LogP) is 1.62. The summed E-state index contributed by atoms with van der Waals surface area (Å²) < 4.78 is 10.5. The van der Waals surface area contributed by atoms with Crippen LogP contribution in [-0.4, -0.2) is 26.4 Å². The molecule has 0 spiro atoms. The highest BCUT2D eigenvalue weighted by Crippen LogP contribution is 2.26. The van der Waals surface area contributed by atoms with E-state index in [2.05, 4.69) is 6.92 Å². The summed E-state index contributed by atoms with van der Waals surface area (Å²) in [5.41, 5.74) is 0.293. The average molecular weight is 156 g/mol. The van der Waals surface area contributed by atoms with E-state index in [1.54, 1.807) is 0 Å². The van der Waals surface area contributed by atoms with Crippen LogP contribution in [0.3, 0.4) is 0 Å². The Hall–Kier alpha value is -0.340. The fourth-order valence-electron chi connectivity index (χ4n) is 1.00. The molecule has 1 heterocycles. The molecule has 1 aliphatic rings. The number of hydrogen-bond donors (Lipinski definition) is 0. The largest absolute Gasteiger partial charge is 0.380 e. The number of allylic oxidation sites excluding steroid dienone is 1. The van der Waals surface area contributed by atoms with Crippen molar-refractivity contribution >= 4 is 0 Å². The van der Waals surface area contributed by atoms with Gasteiger partial charge in [-0.25, -0.2) is 0 Å². The van der Waals surface area contributed by atoms with Crippen molar-refractivity contribution in [2.75, 3.05) is 26.4 Å². The lowest BCUT2D eigenvalue weighted by atomic mass is 9.90. The van der Waals surface area contributed by atoms with Gasteiger partial charge in [0.1, 0.15) is 0 Å². The molecule has 0 bridgehead atoms. The van der Waals surface area contributed by atoms with Crippen LogP contribution in [0.15, 0.2) is 12.2 Å². The zero-order chi connectivity index (χ0) is 8.16. The molecule has 0 aromatic rings. The Morgan fingerprint density at radius 1 is 1.55 bits per heavy atom. The van der Waals surface area contributed by atoms with Gasteiger partial charge in [0.25, 0.3) is 0 Å². The van der Waals surface area contributed by atoms with Gasteiger partial charge in [-0.05, 0) is 6.92 Å². The van der Waals surface area contributed by atoms with Crippen molar-refractivity contribution in [1.82, 2.24) is 0 Å². The standard InChI is InChI=1S/C9H16O2/c1-3-4-5-10-6-9(2)7-11-8-9/h3-4H,5-8H2,1-2H3. The molecule has 2 nitrogen and oxygen atoms in total. The highest BCUT2D eigenvalue weighted by atomic mass is 16.5. The second-order valence-corrected chi connectivity index (χ2v) is 3.39. The topological polar surface area (TPSA) is 18.5 Å². The van der Waals surface area contributed by atoms with E-state index in [-0.39, 0.29) is 0 Å². The monoisotopic (exact) mass is 156 g/mol. The number of hydrogen-bond acceptors (Lipinski definition) is 2. The minimum atomic E-state index is 0.293. The molecule has 2 heteroatoms. The highest BCUT2D eigenvalue weighted by molar-refractivity contribution is 4.81. The van der Waals surface area contributed by atoms with Gasteiger partial charge >= 0.3 is 0 Å². The molecule has 0 atom stereocenters. The molecule has 0 aromatic carbocycles. The third-order valence-corrected chi connectivity index (χ3v) is 1.80. The van der Waals surface area contributed by atoms with Gasteiger partial charge in [-0.15, -0.1) is 0 Å². The first-order valence-electron chi connectivity index (χ1n) is 4.03. The van der Waals surface area contributed by atoms with E-state index in [0.717, 1.165) is 26.4 Å². The van der Waals surface area contributed by atoms with E-state index in [1.165, 1.54) is 0 Å². The zero-order valence-electron chi connectivity index (χ0n) is 7.30. The van der Waals surface area contributed by atoms with E-state index in [9.17, 15) is 0 Å². The highest BCUT2D eigenvalue weighted by Gasteiger charge is 2.33. The fraction of sp³-hybridized carbons (Fsp3) is 0.778. The Balaban J connectivity index is 2.02. The molecule has 0 saturated carbocycles. The molecule has 0 N–H and O–H groups in total. The normalized spacial score (nSPS) is 22.0. The van der Waals surface area contributed by atoms with Crippen LogP contribution < -0.4 is 0 Å². The summed E-state index contributed by atoms with van der Waals surface area (Å²) in [5.74, 6) is 0. The Kier molecular flexibility index (Phi) is 3.09. The maximum Gasteiger partial charge on any atom is 0.0647 e. The lowest BCUT2D eigenvalue weighted by Gasteiger charge is -2.37. The first-order valence-corrected chi connectivity index (χ1v) is 4.03. The molecule has 11 heavy (non-hydrogen) atoms. The van der Waals surface area contributed by atoms with Crippen LogP contribution in [0.5, 0.6) is 0 Å². The summed E-state index contributed by atoms with van der Waals surface area (Å²) in [6, 6.07) is 0. The molecule has 1 fully saturated rings. The maximum absolute atomic E-state index is 5.41. The Morgan fingerprint density at radius 3 is 2.73 bits per heavy atom. The van der Waals surface area contributed by atoms with E-state index in [0.29, 0.717) is 5.41 Å². The zero-order valence-corrected chi connectivity index (χ0v) is 7.30. The second-order valence-electron chi connectivity index (χ2n) is 3.39. The third-order valence-electron chi connectivity index (χ3n) is 1.80. The number of ether oxygens (including phenoxy) is 2.